The molecule has 3 N–H and O–H groups in total. The molecule has 2 atom stereocenters. The van der Waals surface area contributed by atoms with Gasteiger partial charge in [0.15, 0.2) is 0 Å². The van der Waals surface area contributed by atoms with Gasteiger partial charge in [0.25, 0.3) is 0 Å². The maximum absolute atomic E-state index is 14.5. The number of nitrogens with two attached hydrogens (primary N) is 1. The minimum atomic E-state index is -1.08. The van der Waals surface area contributed by atoms with Crippen LogP contribution in [-0.4, -0.2) is 46.5 Å². The highest BCUT2D eigenvalue weighted by molar-refractivity contribution is 9.10. The number of nitrogen functional groups attached to an aromatic ring is 1. The molecular weight excluding hydrogens is 429 g/mol. The van der Waals surface area contributed by atoms with E-state index in [0.717, 1.165) is 21.1 Å². The highest BCUT2D eigenvalue weighted by atomic mass is 79.9. The van der Waals surface area contributed by atoms with Gasteiger partial charge in [0.2, 0.25) is 5.95 Å². The van der Waals surface area contributed by atoms with Gasteiger partial charge in [0.05, 0.1) is 28.3 Å². The number of benzene rings is 1. The van der Waals surface area contributed by atoms with Crippen LogP contribution >= 0.6 is 15.9 Å². The summed E-state index contributed by atoms with van der Waals surface area (Å²) < 4.78 is 22.4. The van der Waals surface area contributed by atoms with Gasteiger partial charge in [0, 0.05) is 20.0 Å². The fourth-order valence-electron chi connectivity index (χ4n) is 3.47. The monoisotopic (exact) mass is 455 g/mol. The van der Waals surface area contributed by atoms with Crippen molar-refractivity contribution in [3.63, 3.8) is 0 Å². The summed E-state index contributed by atoms with van der Waals surface area (Å²) in [6.45, 7) is 7.98. The Morgan fingerprint density at radius 2 is 2.11 bits per heavy atom. The molecule has 154 valence electrons. The van der Waals surface area contributed by atoms with Gasteiger partial charge in [-0.15, -0.1) is 0 Å². The van der Waals surface area contributed by atoms with Crippen molar-refractivity contribution in [1.82, 2.24) is 14.9 Å². The van der Waals surface area contributed by atoms with E-state index in [-0.39, 0.29) is 19.0 Å². The number of fused-ring (bicyclic) bond motifs is 1. The van der Waals surface area contributed by atoms with Crippen LogP contribution in [0.4, 0.5) is 20.8 Å². The normalized spacial score (nSPS) is 20.5. The van der Waals surface area contributed by atoms with Gasteiger partial charge in [-0.25, -0.2) is 14.2 Å². The summed E-state index contributed by atoms with van der Waals surface area (Å²) in [7, 11) is 1.89. The molecule has 1 aromatic carbocycles. The summed E-state index contributed by atoms with van der Waals surface area (Å²) in [4.78, 5) is 18.6. The molecule has 2 aromatic rings. The van der Waals surface area contributed by atoms with Crippen LogP contribution in [0.2, 0.25) is 0 Å². The summed E-state index contributed by atoms with van der Waals surface area (Å²) in [6.07, 6.45) is -1.37. The molecular formula is C19H27BrFN5O2. The zero-order chi connectivity index (χ0) is 20.8. The number of alkyl carbamates (subject to hydrolysis) is 1. The summed E-state index contributed by atoms with van der Waals surface area (Å²) >= 11 is 3.52. The number of imidazole rings is 1. The number of aryl methyl sites for hydroxylation is 2. The molecule has 1 aromatic heterocycles. The fraction of sp³-hybridized carbons (Fsp3) is 0.579. The maximum atomic E-state index is 14.5. The molecule has 1 aliphatic rings. The number of hydrogen-bond donors (Lipinski definition) is 2. The number of piperidine rings is 1. The minimum Gasteiger partial charge on any atom is -0.444 e. The first-order valence-electron chi connectivity index (χ1n) is 9.25. The van der Waals surface area contributed by atoms with Crippen LogP contribution in [0.3, 0.4) is 0 Å². The topological polar surface area (TPSA) is 85.4 Å². The lowest BCUT2D eigenvalue weighted by molar-refractivity contribution is 0.0490. The number of anilines is 2. The van der Waals surface area contributed by atoms with Crippen molar-refractivity contribution >= 4 is 44.7 Å². The Bertz CT molecular complexity index is 908. The molecule has 2 heterocycles. The number of nitrogens with zero attached hydrogens (tertiary/aromatic N) is 3. The van der Waals surface area contributed by atoms with Crippen LogP contribution in [0.5, 0.6) is 0 Å². The number of amides is 1. The third-order valence-electron chi connectivity index (χ3n) is 4.74. The smallest absolute Gasteiger partial charge is 0.407 e. The quantitative estimate of drug-likeness (QED) is 0.674. The van der Waals surface area contributed by atoms with Crippen LogP contribution in [0.25, 0.3) is 11.0 Å². The predicted molar refractivity (Wildman–Crippen MR) is 112 cm³/mol. The summed E-state index contributed by atoms with van der Waals surface area (Å²) in [6, 6.07) is 1.60. The average Bonchev–Trinajstić information content (AvgIpc) is 2.87. The lowest BCUT2D eigenvalue weighted by Gasteiger charge is -2.35. The van der Waals surface area contributed by atoms with Gasteiger partial charge < -0.3 is 25.3 Å². The lowest BCUT2D eigenvalue weighted by atomic mass is 10.0. The molecule has 0 unspecified atom stereocenters. The van der Waals surface area contributed by atoms with Gasteiger partial charge in [0.1, 0.15) is 17.3 Å². The highest BCUT2D eigenvalue weighted by Gasteiger charge is 2.32. The van der Waals surface area contributed by atoms with E-state index in [0.29, 0.717) is 18.2 Å². The number of halogens is 2. The third-order valence-corrected chi connectivity index (χ3v) is 5.54. The van der Waals surface area contributed by atoms with Gasteiger partial charge >= 0.3 is 6.09 Å². The van der Waals surface area contributed by atoms with Crippen molar-refractivity contribution in [3.05, 3.63) is 16.1 Å². The number of ether oxygens (including phenoxy) is 1. The van der Waals surface area contributed by atoms with Crippen molar-refractivity contribution in [2.45, 2.75) is 51.9 Å². The van der Waals surface area contributed by atoms with Crippen LogP contribution in [-0.2, 0) is 11.8 Å². The van der Waals surface area contributed by atoms with E-state index in [2.05, 4.69) is 21.2 Å². The number of hydrogen-bond acceptors (Lipinski definition) is 5. The largest absolute Gasteiger partial charge is 0.444 e. The van der Waals surface area contributed by atoms with Crippen molar-refractivity contribution < 1.29 is 13.9 Å². The molecule has 1 fully saturated rings. The summed E-state index contributed by atoms with van der Waals surface area (Å²) in [5, 5.41) is 2.78. The Balaban J connectivity index is 1.86. The maximum Gasteiger partial charge on any atom is 0.407 e. The number of carbonyl (C=O) groups is 1. The molecule has 7 nitrogen and oxygen atoms in total. The van der Waals surface area contributed by atoms with Gasteiger partial charge in [-0.1, -0.05) is 0 Å². The molecule has 9 heteroatoms. The van der Waals surface area contributed by atoms with E-state index < -0.39 is 17.9 Å². The van der Waals surface area contributed by atoms with Crippen LogP contribution < -0.4 is 16.0 Å². The average molecular weight is 456 g/mol. The molecule has 0 spiro atoms. The van der Waals surface area contributed by atoms with Crippen molar-refractivity contribution in [1.29, 1.82) is 0 Å². The first-order chi connectivity index (χ1) is 13.0. The number of rotatable bonds is 2. The zero-order valence-electron chi connectivity index (χ0n) is 16.8. The Kier molecular flexibility index (Phi) is 5.49. The first kappa shape index (κ1) is 20.7. The van der Waals surface area contributed by atoms with Crippen LogP contribution in [0.1, 0.15) is 32.8 Å². The first-order valence-corrected chi connectivity index (χ1v) is 10.0. The number of alkyl halides is 1. The molecule has 0 saturated carbocycles. The fourth-order valence-corrected chi connectivity index (χ4v) is 4.08. The summed E-state index contributed by atoms with van der Waals surface area (Å²) in [5.74, 6) is 0.638. The van der Waals surface area contributed by atoms with Crippen LogP contribution in [0.15, 0.2) is 10.5 Å². The molecule has 0 aliphatic carbocycles. The van der Waals surface area contributed by atoms with Crippen LogP contribution in [0, 0.1) is 6.92 Å². The minimum absolute atomic E-state index is 0.218. The lowest BCUT2D eigenvalue weighted by Crippen LogP contribution is -2.53. The molecule has 1 amide bonds. The molecule has 0 radical (unpaired) electrons. The molecule has 1 aliphatic heterocycles. The van der Waals surface area contributed by atoms with E-state index in [9.17, 15) is 9.18 Å². The van der Waals surface area contributed by atoms with Crippen molar-refractivity contribution in [3.8, 4) is 0 Å². The predicted octanol–water partition coefficient (Wildman–Crippen LogP) is 3.67. The van der Waals surface area contributed by atoms with Crippen molar-refractivity contribution in [2.75, 3.05) is 23.7 Å². The van der Waals surface area contributed by atoms with E-state index in [1.165, 1.54) is 0 Å². The second-order valence-corrected chi connectivity index (χ2v) is 9.13. The van der Waals surface area contributed by atoms with E-state index >= 15 is 0 Å². The Morgan fingerprint density at radius 3 is 2.75 bits per heavy atom. The zero-order valence-corrected chi connectivity index (χ0v) is 18.4. The van der Waals surface area contributed by atoms with E-state index in [1.807, 2.05) is 29.5 Å². The molecule has 3 rings (SSSR count). The number of aromatic nitrogens is 2. The summed E-state index contributed by atoms with van der Waals surface area (Å²) in [5.41, 5.74) is 8.73. The third kappa shape index (κ3) is 4.19. The van der Waals surface area contributed by atoms with Gasteiger partial charge in [-0.2, -0.15) is 0 Å². The molecule has 0 bridgehead atoms. The van der Waals surface area contributed by atoms with Gasteiger partial charge in [-0.3, -0.25) is 0 Å². The molecule has 28 heavy (non-hydrogen) atoms. The highest BCUT2D eigenvalue weighted by Crippen LogP contribution is 2.34. The second-order valence-electron chi connectivity index (χ2n) is 8.34. The Labute approximate surface area is 172 Å². The number of nitrogens with one attached hydrogen (secondary N) is 1. The second kappa shape index (κ2) is 7.42. The van der Waals surface area contributed by atoms with Gasteiger partial charge in [-0.05, 0) is 55.3 Å². The number of carbonyl (C=O) groups excluding carboxylic acids is 1. The van der Waals surface area contributed by atoms with E-state index in [4.69, 9.17) is 15.5 Å². The SMILES string of the molecule is Cc1cc2c(nc(N3C[C@@H](F)C[C@@H](NC(=O)OC(C)(C)C)C3)n2C)c(Br)c1N. The molecule has 1 saturated heterocycles. The standard InChI is InChI=1S/C19H27BrFN5O2/c1-10-6-13-16(14(20)15(10)22)24-17(25(13)5)26-8-11(21)7-12(9-26)23-18(27)28-19(2,3)4/h6,11-12H,7-9,22H2,1-5H3,(H,23,27)/t11-,12+/m0/s1. The Morgan fingerprint density at radius 1 is 1.43 bits per heavy atom. The van der Waals surface area contributed by atoms with Crippen molar-refractivity contribution in [2.24, 2.45) is 7.05 Å². The van der Waals surface area contributed by atoms with E-state index in [1.54, 1.807) is 20.8 Å². The Hall–Kier alpha value is -2.03.